The summed E-state index contributed by atoms with van der Waals surface area (Å²) in [6.45, 7) is 1.67. The highest BCUT2D eigenvalue weighted by molar-refractivity contribution is 7.85. The summed E-state index contributed by atoms with van der Waals surface area (Å²) in [5.41, 5.74) is 0. The second kappa shape index (κ2) is 5.61. The third kappa shape index (κ3) is 4.45. The second-order valence-electron chi connectivity index (χ2n) is 3.51. The van der Waals surface area contributed by atoms with Gasteiger partial charge >= 0.3 is 5.97 Å². The molecule has 0 saturated heterocycles. The monoisotopic (exact) mass is 278 g/mol. The van der Waals surface area contributed by atoms with Gasteiger partial charge in [0.25, 0.3) is 10.1 Å². The van der Waals surface area contributed by atoms with Crippen molar-refractivity contribution in [3.63, 3.8) is 0 Å². The summed E-state index contributed by atoms with van der Waals surface area (Å²) in [6, 6.07) is 3.63. The van der Waals surface area contributed by atoms with Gasteiger partial charge in [0.05, 0.1) is 20.0 Å². The lowest BCUT2D eigenvalue weighted by molar-refractivity contribution is -0.143. The first-order valence-electron chi connectivity index (χ1n) is 4.82. The number of rotatable bonds is 5. The number of carbonyl (C=O) groups excluding carboxylic acids is 1. The van der Waals surface area contributed by atoms with E-state index in [1.165, 1.54) is 18.4 Å². The average Bonchev–Trinajstić information content (AvgIpc) is 2.63. The molecule has 0 aliphatic carbocycles. The molecule has 1 unspecified atom stereocenters. The van der Waals surface area contributed by atoms with Crippen LogP contribution in [-0.4, -0.2) is 34.4 Å². The Hall–Kier alpha value is -0.920. The molecule has 0 amide bonds. The molecule has 17 heavy (non-hydrogen) atoms. The van der Waals surface area contributed by atoms with Crippen LogP contribution < -0.4 is 0 Å². The first kappa shape index (κ1) is 14.1. The molecule has 1 atom stereocenters. The van der Waals surface area contributed by atoms with Crippen LogP contribution in [0.3, 0.4) is 0 Å². The van der Waals surface area contributed by atoms with E-state index in [0.29, 0.717) is 0 Å². The third-order valence-corrected chi connectivity index (χ3v) is 3.72. The number of hydrogen-bond donors (Lipinski definition) is 0. The van der Waals surface area contributed by atoms with Crippen molar-refractivity contribution in [1.82, 2.24) is 0 Å². The van der Waals surface area contributed by atoms with Gasteiger partial charge in [-0.1, -0.05) is 0 Å². The molecule has 7 heteroatoms. The van der Waals surface area contributed by atoms with Gasteiger partial charge in [0.1, 0.15) is 5.92 Å². The largest absolute Gasteiger partial charge is 0.468 e. The molecule has 0 saturated carbocycles. The van der Waals surface area contributed by atoms with E-state index in [-0.39, 0.29) is 6.61 Å². The van der Waals surface area contributed by atoms with Crippen molar-refractivity contribution in [2.45, 2.75) is 12.8 Å². The summed E-state index contributed by atoms with van der Waals surface area (Å²) >= 11 is 1.41. The third-order valence-electron chi connectivity index (χ3n) is 2.04. The Bertz CT molecular complexity index is 489. The van der Waals surface area contributed by atoms with Crippen LogP contribution in [0.1, 0.15) is 15.7 Å². The number of aryl methyl sites for hydroxylation is 1. The average molecular weight is 278 g/mol. The summed E-state index contributed by atoms with van der Waals surface area (Å²) in [5, 5.41) is 0. The van der Waals surface area contributed by atoms with Crippen LogP contribution in [0.15, 0.2) is 12.1 Å². The van der Waals surface area contributed by atoms with Crippen LogP contribution in [0, 0.1) is 6.92 Å². The quantitative estimate of drug-likeness (QED) is 0.599. The number of thiophene rings is 1. The predicted molar refractivity (Wildman–Crippen MR) is 64.6 cm³/mol. The molecule has 5 nitrogen and oxygen atoms in total. The Balaban J connectivity index is 2.85. The minimum absolute atomic E-state index is 0.231. The summed E-state index contributed by atoms with van der Waals surface area (Å²) in [7, 11) is -2.31. The SMILES string of the molecule is COC(=O)C(COS(C)(=O)=O)c1ccc(C)s1. The Labute approximate surface area is 104 Å². The van der Waals surface area contributed by atoms with Crippen molar-refractivity contribution in [3.05, 3.63) is 21.9 Å². The molecule has 1 aromatic heterocycles. The van der Waals surface area contributed by atoms with Crippen molar-refractivity contribution in [2.24, 2.45) is 0 Å². The summed E-state index contributed by atoms with van der Waals surface area (Å²) in [5.74, 6) is -1.20. The van der Waals surface area contributed by atoms with Gasteiger partial charge in [0, 0.05) is 9.75 Å². The lowest BCUT2D eigenvalue weighted by atomic mass is 10.1. The van der Waals surface area contributed by atoms with E-state index >= 15 is 0 Å². The van der Waals surface area contributed by atoms with E-state index in [4.69, 9.17) is 0 Å². The number of methoxy groups -OCH3 is 1. The highest BCUT2D eigenvalue weighted by Crippen LogP contribution is 2.26. The summed E-state index contributed by atoms with van der Waals surface area (Å²) in [6.07, 6.45) is 0.945. The second-order valence-corrected chi connectivity index (χ2v) is 6.48. The van der Waals surface area contributed by atoms with Gasteiger partial charge < -0.3 is 4.74 Å². The standard InChI is InChI=1S/C10H14O5S2/c1-7-4-5-9(16-7)8(10(11)14-2)6-15-17(3,12)13/h4-5,8H,6H2,1-3H3. The fourth-order valence-corrected chi connectivity index (χ4v) is 2.57. The molecule has 0 fully saturated rings. The van der Waals surface area contributed by atoms with E-state index in [2.05, 4.69) is 8.92 Å². The van der Waals surface area contributed by atoms with Crippen molar-refractivity contribution in [2.75, 3.05) is 20.0 Å². The van der Waals surface area contributed by atoms with E-state index in [1.54, 1.807) is 6.07 Å². The van der Waals surface area contributed by atoms with Gasteiger partial charge in [0.2, 0.25) is 0 Å². The zero-order chi connectivity index (χ0) is 13.1. The van der Waals surface area contributed by atoms with E-state index in [1.807, 2.05) is 13.0 Å². The lowest BCUT2D eigenvalue weighted by Gasteiger charge is -2.12. The van der Waals surface area contributed by atoms with Crippen molar-refractivity contribution < 1.29 is 22.1 Å². The van der Waals surface area contributed by atoms with Crippen molar-refractivity contribution >= 4 is 27.4 Å². The molecule has 0 bridgehead atoms. The molecule has 0 radical (unpaired) electrons. The molecule has 0 aromatic carbocycles. The zero-order valence-electron chi connectivity index (χ0n) is 9.80. The van der Waals surface area contributed by atoms with Crippen LogP contribution in [0.2, 0.25) is 0 Å². The van der Waals surface area contributed by atoms with Crippen LogP contribution in [0.5, 0.6) is 0 Å². The Kier molecular flexibility index (Phi) is 4.67. The molecule has 0 spiro atoms. The summed E-state index contributed by atoms with van der Waals surface area (Å²) in [4.78, 5) is 13.3. The molecular formula is C10H14O5S2. The van der Waals surface area contributed by atoms with Gasteiger partial charge in [-0.25, -0.2) is 0 Å². The number of esters is 1. The van der Waals surface area contributed by atoms with E-state index in [9.17, 15) is 13.2 Å². The molecule has 1 aromatic rings. The molecule has 0 aliphatic rings. The first-order valence-corrected chi connectivity index (χ1v) is 7.45. The zero-order valence-corrected chi connectivity index (χ0v) is 11.4. The van der Waals surface area contributed by atoms with E-state index in [0.717, 1.165) is 16.0 Å². The molecule has 1 heterocycles. The number of carbonyl (C=O) groups is 1. The maximum Gasteiger partial charge on any atom is 0.316 e. The normalized spacial score (nSPS) is 13.4. The smallest absolute Gasteiger partial charge is 0.316 e. The maximum atomic E-state index is 11.5. The van der Waals surface area contributed by atoms with Crippen LogP contribution in [0.25, 0.3) is 0 Å². The van der Waals surface area contributed by atoms with Crippen LogP contribution in [0.4, 0.5) is 0 Å². The van der Waals surface area contributed by atoms with Gasteiger partial charge in [-0.2, -0.15) is 8.42 Å². The molecule has 0 aliphatic heterocycles. The van der Waals surface area contributed by atoms with Gasteiger partial charge in [-0.15, -0.1) is 11.3 Å². The van der Waals surface area contributed by atoms with Crippen molar-refractivity contribution in [3.8, 4) is 0 Å². The fraction of sp³-hybridized carbons (Fsp3) is 0.500. The number of ether oxygens (including phenoxy) is 1. The minimum Gasteiger partial charge on any atom is -0.468 e. The Morgan fingerprint density at radius 2 is 2.12 bits per heavy atom. The summed E-state index contributed by atoms with van der Waals surface area (Å²) < 4.78 is 31.1. The predicted octanol–water partition coefficient (Wildman–Crippen LogP) is 1.29. The van der Waals surface area contributed by atoms with Gasteiger partial charge in [-0.3, -0.25) is 8.98 Å². The highest BCUT2D eigenvalue weighted by atomic mass is 32.2. The van der Waals surface area contributed by atoms with E-state index < -0.39 is 22.0 Å². The van der Waals surface area contributed by atoms with Crippen molar-refractivity contribution in [1.29, 1.82) is 0 Å². The number of hydrogen-bond acceptors (Lipinski definition) is 6. The lowest BCUT2D eigenvalue weighted by Crippen LogP contribution is -2.20. The maximum absolute atomic E-state index is 11.5. The minimum atomic E-state index is -3.57. The first-order chi connectivity index (χ1) is 7.83. The molecular weight excluding hydrogens is 264 g/mol. The fourth-order valence-electron chi connectivity index (χ4n) is 1.24. The topological polar surface area (TPSA) is 69.7 Å². The van der Waals surface area contributed by atoms with Gasteiger partial charge in [0.15, 0.2) is 0 Å². The Morgan fingerprint density at radius 1 is 1.47 bits per heavy atom. The van der Waals surface area contributed by atoms with Crippen LogP contribution >= 0.6 is 11.3 Å². The molecule has 1 rings (SSSR count). The van der Waals surface area contributed by atoms with Gasteiger partial charge in [-0.05, 0) is 19.1 Å². The molecule has 0 N–H and O–H groups in total. The molecule has 96 valence electrons. The highest BCUT2D eigenvalue weighted by Gasteiger charge is 2.25. The van der Waals surface area contributed by atoms with Crippen LogP contribution in [-0.2, 0) is 23.8 Å². The Morgan fingerprint density at radius 3 is 2.53 bits per heavy atom.